The fraction of sp³-hybridized carbons (Fsp3) is 0.300. The third-order valence-corrected chi connectivity index (χ3v) is 1.94. The Kier molecular flexibility index (Phi) is 4.39. The van der Waals surface area contributed by atoms with Crippen LogP contribution in [0.4, 0.5) is 0 Å². The molecule has 0 radical (unpaired) electrons. The summed E-state index contributed by atoms with van der Waals surface area (Å²) >= 11 is 5.76. The molecule has 0 aromatic heterocycles. The molecule has 0 aromatic carbocycles. The number of nitrogens with one attached hydrogen (secondary N) is 1. The van der Waals surface area contributed by atoms with E-state index in [4.69, 9.17) is 17.0 Å². The van der Waals surface area contributed by atoms with Crippen molar-refractivity contribution in [3.63, 3.8) is 0 Å². The Morgan fingerprint density at radius 2 is 2.44 bits per heavy atom. The van der Waals surface area contributed by atoms with Crippen LogP contribution in [0.5, 0.6) is 0 Å². The summed E-state index contributed by atoms with van der Waals surface area (Å²) in [6, 6.07) is 0. The van der Waals surface area contributed by atoms with Crippen molar-refractivity contribution < 1.29 is 14.8 Å². The van der Waals surface area contributed by atoms with Crippen LogP contribution in [0.15, 0.2) is 28.7 Å². The lowest BCUT2D eigenvalue weighted by Crippen LogP contribution is -2.80. The fourth-order valence-electron chi connectivity index (χ4n) is 1.14. The van der Waals surface area contributed by atoms with E-state index >= 15 is 0 Å². The van der Waals surface area contributed by atoms with E-state index in [1.165, 1.54) is 6.08 Å². The van der Waals surface area contributed by atoms with Crippen molar-refractivity contribution in [1.29, 1.82) is 5.41 Å². The van der Waals surface area contributed by atoms with Gasteiger partial charge in [0.2, 0.25) is 5.82 Å². The molecule has 1 rings (SSSR count). The summed E-state index contributed by atoms with van der Waals surface area (Å²) in [6.45, 7) is 3.79. The number of quaternary nitrogens is 1. The largest absolute Gasteiger partial charge is 0.461 e. The Bertz CT molecular complexity index is 410. The van der Waals surface area contributed by atoms with Gasteiger partial charge in [0, 0.05) is 13.0 Å². The van der Waals surface area contributed by atoms with E-state index in [-0.39, 0.29) is 12.3 Å². The highest BCUT2D eigenvalue weighted by Gasteiger charge is 2.14. The van der Waals surface area contributed by atoms with Crippen LogP contribution >= 0.6 is 11.6 Å². The molecule has 0 aromatic rings. The molecule has 0 amide bonds. The van der Waals surface area contributed by atoms with Gasteiger partial charge in [0.25, 0.3) is 0 Å². The topological polar surface area (TPSA) is 79.1 Å². The molecule has 86 valence electrons. The van der Waals surface area contributed by atoms with E-state index in [0.29, 0.717) is 11.0 Å². The maximum atomic E-state index is 11.2. The molecular weight excluding hydrogens is 230 g/mol. The molecule has 16 heavy (non-hydrogen) atoms. The molecule has 3 N–H and O–H groups in total. The second kappa shape index (κ2) is 5.58. The average molecular weight is 243 g/mol. The fourth-order valence-corrected chi connectivity index (χ4v) is 1.41. The number of halogens is 1. The number of allylic oxidation sites excluding steroid dienone is 2. The standard InChI is InChI=1S/C10H12ClN3O2/c1-3-16-10(15)7(12)5-9-13-6(2)4-8(11)14-9/h4-5,12-13H,3H2,1-2H3/p+1/b9-5+,12-7?. The molecule has 1 aliphatic rings. The minimum Gasteiger partial charge on any atom is -0.461 e. The zero-order valence-corrected chi connectivity index (χ0v) is 9.84. The summed E-state index contributed by atoms with van der Waals surface area (Å²) in [5.41, 5.74) is 0.680. The van der Waals surface area contributed by atoms with E-state index in [1.807, 2.05) is 6.92 Å². The van der Waals surface area contributed by atoms with Crippen LogP contribution in [0.3, 0.4) is 0 Å². The van der Waals surface area contributed by atoms with Crippen LogP contribution in [-0.2, 0) is 9.53 Å². The van der Waals surface area contributed by atoms with Gasteiger partial charge in [-0.25, -0.2) is 4.79 Å². The minimum absolute atomic E-state index is 0.240. The molecule has 0 fully saturated rings. The number of ether oxygens (including phenoxy) is 1. The van der Waals surface area contributed by atoms with Gasteiger partial charge >= 0.3 is 5.97 Å². The van der Waals surface area contributed by atoms with Crippen molar-refractivity contribution in [2.75, 3.05) is 6.61 Å². The number of nitrogens with two attached hydrogens (primary N) is 1. The second-order valence-electron chi connectivity index (χ2n) is 3.17. The Hall–Kier alpha value is -1.46. The van der Waals surface area contributed by atoms with E-state index < -0.39 is 5.97 Å². The summed E-state index contributed by atoms with van der Waals surface area (Å²) in [4.78, 5) is 15.2. The molecule has 0 atom stereocenters. The van der Waals surface area contributed by atoms with Crippen LogP contribution < -0.4 is 5.32 Å². The van der Waals surface area contributed by atoms with Crippen molar-refractivity contribution in [2.24, 2.45) is 4.99 Å². The molecule has 0 aliphatic carbocycles. The maximum absolute atomic E-state index is 11.2. The smallest absolute Gasteiger partial charge is 0.356 e. The molecule has 5 nitrogen and oxygen atoms in total. The highest BCUT2D eigenvalue weighted by molar-refractivity contribution is 6.68. The molecule has 0 saturated heterocycles. The first-order chi connectivity index (χ1) is 7.52. The van der Waals surface area contributed by atoms with Crippen molar-refractivity contribution in [3.8, 4) is 0 Å². The zero-order valence-electron chi connectivity index (χ0n) is 9.08. The highest BCUT2D eigenvalue weighted by atomic mass is 35.5. The summed E-state index contributed by atoms with van der Waals surface area (Å²) in [6.07, 6.45) is 3.03. The van der Waals surface area contributed by atoms with Gasteiger partial charge < -0.3 is 4.74 Å². The van der Waals surface area contributed by atoms with Crippen molar-refractivity contribution in [3.05, 3.63) is 23.7 Å². The van der Waals surface area contributed by atoms with E-state index in [0.717, 1.165) is 5.70 Å². The summed E-state index contributed by atoms with van der Waals surface area (Å²) in [5, 5.41) is 9.54. The molecule has 6 heteroatoms. The van der Waals surface area contributed by atoms with E-state index in [9.17, 15) is 4.79 Å². The van der Waals surface area contributed by atoms with Crippen LogP contribution in [0.25, 0.3) is 0 Å². The normalized spacial score (nSPS) is 17.8. The van der Waals surface area contributed by atoms with E-state index in [2.05, 4.69) is 9.73 Å². The molecule has 0 saturated carbocycles. The number of nitrogens with zero attached hydrogens (tertiary/aromatic N) is 1. The number of carbonyl (C=O) groups excluding carboxylic acids is 1. The molecular formula is C10H13ClN3O2+. The summed E-state index contributed by atoms with van der Waals surface area (Å²) < 4.78 is 4.68. The lowest BCUT2D eigenvalue weighted by Gasteiger charge is -2.06. The third kappa shape index (κ3) is 3.60. The Balaban J connectivity index is 2.76. The Morgan fingerprint density at radius 1 is 1.75 bits per heavy atom. The summed E-state index contributed by atoms with van der Waals surface area (Å²) in [7, 11) is 0. The van der Waals surface area contributed by atoms with Crippen molar-refractivity contribution in [1.82, 2.24) is 0 Å². The molecule has 0 bridgehead atoms. The van der Waals surface area contributed by atoms with Crippen LogP contribution in [0.2, 0.25) is 0 Å². The number of hydrogen-bond acceptors (Lipinski definition) is 4. The molecule has 0 unspecified atom stereocenters. The van der Waals surface area contributed by atoms with Crippen molar-refractivity contribution >= 4 is 28.5 Å². The second-order valence-corrected chi connectivity index (χ2v) is 3.56. The first-order valence-corrected chi connectivity index (χ1v) is 5.15. The van der Waals surface area contributed by atoms with E-state index in [1.54, 1.807) is 18.3 Å². The van der Waals surface area contributed by atoms with Gasteiger partial charge in [0.05, 0.1) is 12.7 Å². The maximum Gasteiger partial charge on any atom is 0.356 e. The number of rotatable bonds is 3. The van der Waals surface area contributed by atoms with Gasteiger partial charge in [0.15, 0.2) is 0 Å². The van der Waals surface area contributed by atoms with Crippen molar-refractivity contribution in [2.45, 2.75) is 13.8 Å². The number of aliphatic imine (C=N–C) groups is 1. The first-order valence-electron chi connectivity index (χ1n) is 4.77. The predicted octanol–water partition coefficient (Wildman–Crippen LogP) is 0.529. The van der Waals surface area contributed by atoms with Crippen LogP contribution in [0.1, 0.15) is 13.8 Å². The predicted molar refractivity (Wildman–Crippen MR) is 61.4 cm³/mol. The Morgan fingerprint density at radius 3 is 3.00 bits per heavy atom. The first kappa shape index (κ1) is 12.6. The SMILES string of the molecule is CCOC(=O)C(=N)/C=C1/N=C(Cl)C=C(C)[NH2+]1. The minimum atomic E-state index is -0.665. The number of esters is 1. The van der Waals surface area contributed by atoms with Crippen LogP contribution in [-0.4, -0.2) is 23.5 Å². The third-order valence-electron chi connectivity index (χ3n) is 1.75. The van der Waals surface area contributed by atoms with Gasteiger partial charge in [-0.05, 0) is 6.92 Å². The van der Waals surface area contributed by atoms with Crippen LogP contribution in [0, 0.1) is 5.41 Å². The van der Waals surface area contributed by atoms with Gasteiger partial charge in [-0.3, -0.25) is 10.7 Å². The zero-order chi connectivity index (χ0) is 12.1. The monoisotopic (exact) mass is 242 g/mol. The number of carbonyl (C=O) groups is 1. The molecule has 0 spiro atoms. The number of hydrogen-bond donors (Lipinski definition) is 2. The molecule has 1 heterocycles. The highest BCUT2D eigenvalue weighted by Crippen LogP contribution is 2.01. The van der Waals surface area contributed by atoms with Gasteiger partial charge in [-0.15, -0.1) is 0 Å². The lowest BCUT2D eigenvalue weighted by molar-refractivity contribution is -0.556. The Labute approximate surface area is 98.3 Å². The lowest BCUT2D eigenvalue weighted by atomic mass is 10.3. The molecule has 1 aliphatic heterocycles. The average Bonchev–Trinajstić information content (AvgIpc) is 2.16. The summed E-state index contributed by atoms with van der Waals surface area (Å²) in [5.74, 6) is -0.190. The quantitative estimate of drug-likeness (QED) is 0.559. The van der Waals surface area contributed by atoms with Gasteiger partial charge in [-0.2, -0.15) is 4.99 Å². The van der Waals surface area contributed by atoms with Gasteiger partial charge in [-0.1, -0.05) is 11.6 Å². The van der Waals surface area contributed by atoms with Gasteiger partial charge in [0.1, 0.15) is 16.6 Å².